The van der Waals surface area contributed by atoms with Gasteiger partial charge in [-0.1, -0.05) is 0 Å². The van der Waals surface area contributed by atoms with Crippen molar-refractivity contribution in [3.63, 3.8) is 0 Å². The lowest BCUT2D eigenvalue weighted by Crippen LogP contribution is -2.33. The summed E-state index contributed by atoms with van der Waals surface area (Å²) >= 11 is 3.22. The van der Waals surface area contributed by atoms with Gasteiger partial charge in [-0.25, -0.2) is 10.8 Å². The minimum atomic E-state index is 0.0812. The lowest BCUT2D eigenvalue weighted by molar-refractivity contribution is 0.407. The van der Waals surface area contributed by atoms with Gasteiger partial charge in [0.05, 0.1) is 19.3 Å². The SMILES string of the molecule is COc1c(C)cnc(CN(N)c2nc(N)nc(Br)c2N)c1C. The number of rotatable bonds is 4. The normalized spacial score (nSPS) is 10.6. The number of halogens is 1. The molecule has 118 valence electrons. The van der Waals surface area contributed by atoms with Crippen molar-refractivity contribution in [1.82, 2.24) is 15.0 Å². The van der Waals surface area contributed by atoms with Crippen LogP contribution in [0.1, 0.15) is 16.8 Å². The summed E-state index contributed by atoms with van der Waals surface area (Å²) in [6, 6.07) is 0. The van der Waals surface area contributed by atoms with Crippen LogP contribution in [0.4, 0.5) is 17.5 Å². The van der Waals surface area contributed by atoms with Gasteiger partial charge in [0.2, 0.25) is 5.95 Å². The molecule has 2 rings (SSSR count). The molecular weight excluding hydrogens is 350 g/mol. The summed E-state index contributed by atoms with van der Waals surface area (Å²) in [4.78, 5) is 12.4. The Morgan fingerprint density at radius 3 is 2.59 bits per heavy atom. The van der Waals surface area contributed by atoms with Gasteiger partial charge in [0, 0.05) is 17.3 Å². The summed E-state index contributed by atoms with van der Waals surface area (Å²) < 4.78 is 5.79. The molecule has 8 nitrogen and oxygen atoms in total. The second-order valence-corrected chi connectivity index (χ2v) is 5.54. The van der Waals surface area contributed by atoms with Gasteiger partial charge in [-0.15, -0.1) is 0 Å². The van der Waals surface area contributed by atoms with Crippen LogP contribution in [0, 0.1) is 13.8 Å². The van der Waals surface area contributed by atoms with Crippen LogP contribution in [0.25, 0.3) is 0 Å². The Bertz CT molecular complexity index is 707. The first-order valence-electron chi connectivity index (χ1n) is 6.45. The molecule has 2 heterocycles. The third-order valence-corrected chi connectivity index (χ3v) is 3.84. The van der Waals surface area contributed by atoms with Gasteiger partial charge < -0.3 is 16.2 Å². The third-order valence-electron chi connectivity index (χ3n) is 3.24. The number of aryl methyl sites for hydroxylation is 1. The largest absolute Gasteiger partial charge is 0.496 e. The van der Waals surface area contributed by atoms with E-state index >= 15 is 0 Å². The predicted octanol–water partition coefficient (Wildman–Crippen LogP) is 1.30. The Morgan fingerprint density at radius 2 is 1.95 bits per heavy atom. The summed E-state index contributed by atoms with van der Waals surface area (Å²) in [6.07, 6.45) is 1.74. The highest BCUT2D eigenvalue weighted by Crippen LogP contribution is 2.29. The van der Waals surface area contributed by atoms with Gasteiger partial charge in [-0.2, -0.15) is 4.98 Å². The number of nitrogens with two attached hydrogens (primary N) is 3. The number of nitrogen functional groups attached to an aromatic ring is 2. The molecule has 0 spiro atoms. The number of methoxy groups -OCH3 is 1. The molecule has 0 aliphatic heterocycles. The lowest BCUT2D eigenvalue weighted by atomic mass is 10.1. The average Bonchev–Trinajstić information content (AvgIpc) is 2.46. The van der Waals surface area contributed by atoms with E-state index in [9.17, 15) is 0 Å². The number of anilines is 3. The quantitative estimate of drug-likeness (QED) is 0.418. The first kappa shape index (κ1) is 16.2. The summed E-state index contributed by atoms with van der Waals surface area (Å²) in [7, 11) is 1.62. The highest BCUT2D eigenvalue weighted by molar-refractivity contribution is 9.10. The average molecular weight is 368 g/mol. The monoisotopic (exact) mass is 367 g/mol. The van der Waals surface area contributed by atoms with Crippen LogP contribution in [0.15, 0.2) is 10.8 Å². The molecule has 2 aromatic rings. The Kier molecular flexibility index (Phi) is 4.67. The van der Waals surface area contributed by atoms with E-state index in [0.29, 0.717) is 22.7 Å². The van der Waals surface area contributed by atoms with Crippen LogP contribution < -0.4 is 27.1 Å². The van der Waals surface area contributed by atoms with Crippen LogP contribution in [0.2, 0.25) is 0 Å². The van der Waals surface area contributed by atoms with Crippen LogP contribution in [0.3, 0.4) is 0 Å². The van der Waals surface area contributed by atoms with E-state index in [1.165, 1.54) is 5.01 Å². The minimum Gasteiger partial charge on any atom is -0.496 e. The molecule has 0 unspecified atom stereocenters. The van der Waals surface area contributed by atoms with E-state index in [1.807, 2.05) is 13.8 Å². The van der Waals surface area contributed by atoms with E-state index in [1.54, 1.807) is 13.3 Å². The number of pyridine rings is 1. The van der Waals surface area contributed by atoms with Gasteiger partial charge in [-0.3, -0.25) is 9.99 Å². The Morgan fingerprint density at radius 1 is 1.27 bits per heavy atom. The van der Waals surface area contributed by atoms with Crippen LogP contribution in [-0.4, -0.2) is 22.1 Å². The van der Waals surface area contributed by atoms with Gasteiger partial charge >= 0.3 is 0 Å². The molecule has 0 aliphatic carbocycles. The number of hydrogen-bond donors (Lipinski definition) is 3. The molecule has 0 saturated heterocycles. The van der Waals surface area contributed by atoms with Crippen molar-refractivity contribution in [3.05, 3.63) is 27.6 Å². The van der Waals surface area contributed by atoms with E-state index in [0.717, 1.165) is 22.6 Å². The van der Waals surface area contributed by atoms with E-state index < -0.39 is 0 Å². The van der Waals surface area contributed by atoms with Crippen LogP contribution in [-0.2, 0) is 6.54 Å². The van der Waals surface area contributed by atoms with Gasteiger partial charge in [0.25, 0.3) is 0 Å². The van der Waals surface area contributed by atoms with E-state index in [2.05, 4.69) is 30.9 Å². The summed E-state index contributed by atoms with van der Waals surface area (Å²) in [5.74, 6) is 7.27. The zero-order valence-electron chi connectivity index (χ0n) is 12.6. The standard InChI is InChI=1S/C13H18BrN7O/c1-6-4-18-8(7(2)10(6)22-3)5-21(17)12-9(15)11(14)19-13(16)20-12/h4H,5,15,17H2,1-3H3,(H2,16,19,20). The number of aromatic nitrogens is 3. The number of nitrogens with zero attached hydrogens (tertiary/aromatic N) is 4. The van der Waals surface area contributed by atoms with Crippen molar-refractivity contribution in [3.8, 4) is 5.75 Å². The zero-order chi connectivity index (χ0) is 16.4. The second kappa shape index (κ2) is 6.32. The fourth-order valence-corrected chi connectivity index (χ4v) is 2.49. The van der Waals surface area contributed by atoms with Crippen molar-refractivity contribution in [2.75, 3.05) is 23.6 Å². The molecule has 0 aliphatic rings. The first-order valence-corrected chi connectivity index (χ1v) is 7.24. The topological polar surface area (TPSA) is 129 Å². The highest BCUT2D eigenvalue weighted by atomic mass is 79.9. The molecule has 0 atom stereocenters. The highest BCUT2D eigenvalue weighted by Gasteiger charge is 2.17. The first-order chi connectivity index (χ1) is 10.3. The number of hydrazine groups is 1. The summed E-state index contributed by atoms with van der Waals surface area (Å²) in [6.45, 7) is 4.16. The predicted molar refractivity (Wildman–Crippen MR) is 89.2 cm³/mol. The van der Waals surface area contributed by atoms with E-state index in [-0.39, 0.29) is 5.95 Å². The third kappa shape index (κ3) is 3.04. The maximum absolute atomic E-state index is 6.07. The van der Waals surface area contributed by atoms with Crippen molar-refractivity contribution >= 4 is 33.4 Å². The molecule has 22 heavy (non-hydrogen) atoms. The number of ether oxygens (including phenoxy) is 1. The van der Waals surface area contributed by atoms with Gasteiger partial charge in [0.15, 0.2) is 5.82 Å². The van der Waals surface area contributed by atoms with Gasteiger partial charge in [-0.05, 0) is 29.8 Å². The van der Waals surface area contributed by atoms with Crippen molar-refractivity contribution in [2.45, 2.75) is 20.4 Å². The molecule has 0 bridgehead atoms. The molecule has 0 aromatic carbocycles. The minimum absolute atomic E-state index is 0.0812. The summed E-state index contributed by atoms with van der Waals surface area (Å²) in [5, 5.41) is 1.38. The van der Waals surface area contributed by atoms with Crippen LogP contribution >= 0.6 is 15.9 Å². The molecule has 2 aromatic heterocycles. The Labute approximate surface area is 136 Å². The molecular formula is C13H18BrN7O. The summed E-state index contributed by atoms with van der Waals surface area (Å²) in [5.41, 5.74) is 14.5. The fraction of sp³-hybridized carbons (Fsp3) is 0.308. The molecule has 0 fully saturated rings. The molecule has 0 amide bonds. The number of hydrogen-bond acceptors (Lipinski definition) is 8. The second-order valence-electron chi connectivity index (χ2n) is 4.78. The fourth-order valence-electron chi connectivity index (χ4n) is 2.13. The Hall–Kier alpha value is -2.13. The smallest absolute Gasteiger partial charge is 0.223 e. The zero-order valence-corrected chi connectivity index (χ0v) is 14.2. The molecule has 6 N–H and O–H groups in total. The maximum atomic E-state index is 6.07. The molecule has 9 heteroatoms. The molecule has 0 saturated carbocycles. The van der Waals surface area contributed by atoms with Crippen LogP contribution in [0.5, 0.6) is 5.75 Å². The van der Waals surface area contributed by atoms with Gasteiger partial charge in [0.1, 0.15) is 16.0 Å². The van der Waals surface area contributed by atoms with E-state index in [4.69, 9.17) is 22.0 Å². The molecule has 0 radical (unpaired) electrons. The Balaban J connectivity index is 2.36. The lowest BCUT2D eigenvalue weighted by Gasteiger charge is -2.21. The maximum Gasteiger partial charge on any atom is 0.223 e. The van der Waals surface area contributed by atoms with Crippen molar-refractivity contribution in [2.24, 2.45) is 5.84 Å². The van der Waals surface area contributed by atoms with Crippen molar-refractivity contribution < 1.29 is 4.74 Å². The van der Waals surface area contributed by atoms with Crippen molar-refractivity contribution in [1.29, 1.82) is 0 Å².